The lowest BCUT2D eigenvalue weighted by Crippen LogP contribution is -2.35. The zero-order chi connectivity index (χ0) is 20.5. The SMILES string of the molecule is CC(C)Cn1nc(C(=O)N2C[C@@H](N)[C@H](c3ccccc3)C2)c2ccccc2c1=O. The van der Waals surface area contributed by atoms with Gasteiger partial charge in [0.2, 0.25) is 0 Å². The van der Waals surface area contributed by atoms with E-state index in [-0.39, 0.29) is 29.3 Å². The molecule has 1 aliphatic rings. The van der Waals surface area contributed by atoms with Crippen LogP contribution in [-0.2, 0) is 6.54 Å². The third-order valence-electron chi connectivity index (χ3n) is 5.49. The fourth-order valence-electron chi connectivity index (χ4n) is 4.06. The first-order valence-electron chi connectivity index (χ1n) is 10.1. The average Bonchev–Trinajstić information content (AvgIpc) is 3.11. The summed E-state index contributed by atoms with van der Waals surface area (Å²) < 4.78 is 1.42. The molecule has 0 unspecified atom stereocenters. The second-order valence-electron chi connectivity index (χ2n) is 8.17. The third kappa shape index (κ3) is 3.68. The van der Waals surface area contributed by atoms with Crippen molar-refractivity contribution < 1.29 is 4.79 Å². The number of carbonyl (C=O) groups is 1. The first kappa shape index (κ1) is 19.3. The number of carbonyl (C=O) groups excluding carboxylic acids is 1. The van der Waals surface area contributed by atoms with E-state index in [4.69, 9.17) is 5.73 Å². The molecule has 0 bridgehead atoms. The molecule has 1 aliphatic heterocycles. The Morgan fingerprint density at radius 1 is 1.07 bits per heavy atom. The monoisotopic (exact) mass is 390 g/mol. The topological polar surface area (TPSA) is 81.2 Å². The highest BCUT2D eigenvalue weighted by atomic mass is 16.2. The molecule has 2 aromatic carbocycles. The van der Waals surface area contributed by atoms with Crippen molar-refractivity contribution in [3.05, 3.63) is 76.2 Å². The highest BCUT2D eigenvalue weighted by Gasteiger charge is 2.35. The lowest BCUT2D eigenvalue weighted by atomic mass is 9.95. The van der Waals surface area contributed by atoms with Gasteiger partial charge in [0.25, 0.3) is 11.5 Å². The Morgan fingerprint density at radius 2 is 1.72 bits per heavy atom. The van der Waals surface area contributed by atoms with E-state index in [9.17, 15) is 9.59 Å². The maximum absolute atomic E-state index is 13.4. The third-order valence-corrected chi connectivity index (χ3v) is 5.49. The largest absolute Gasteiger partial charge is 0.335 e. The normalized spacial score (nSPS) is 19.2. The van der Waals surface area contributed by atoms with E-state index in [1.807, 2.05) is 44.2 Å². The fraction of sp³-hybridized carbons (Fsp3) is 0.348. The van der Waals surface area contributed by atoms with Crippen LogP contribution in [0.4, 0.5) is 0 Å². The van der Waals surface area contributed by atoms with Crippen molar-refractivity contribution in [2.45, 2.75) is 32.4 Å². The number of aromatic nitrogens is 2. The summed E-state index contributed by atoms with van der Waals surface area (Å²) in [6.45, 7) is 5.53. The minimum atomic E-state index is -0.174. The molecule has 1 amide bonds. The van der Waals surface area contributed by atoms with Crippen molar-refractivity contribution >= 4 is 16.7 Å². The smallest absolute Gasteiger partial charge is 0.275 e. The molecule has 1 saturated heterocycles. The second kappa shape index (κ2) is 7.79. The van der Waals surface area contributed by atoms with E-state index in [0.717, 1.165) is 5.56 Å². The van der Waals surface area contributed by atoms with Crippen molar-refractivity contribution in [1.29, 1.82) is 0 Å². The summed E-state index contributed by atoms with van der Waals surface area (Å²) in [6, 6.07) is 17.1. The number of benzene rings is 2. The Balaban J connectivity index is 1.72. The first-order chi connectivity index (χ1) is 14.0. The van der Waals surface area contributed by atoms with Gasteiger partial charge in [-0.2, -0.15) is 5.10 Å². The van der Waals surface area contributed by atoms with Crippen LogP contribution in [0, 0.1) is 5.92 Å². The molecule has 2 heterocycles. The van der Waals surface area contributed by atoms with E-state index in [2.05, 4.69) is 17.2 Å². The van der Waals surface area contributed by atoms with E-state index in [0.29, 0.717) is 36.1 Å². The van der Waals surface area contributed by atoms with Crippen molar-refractivity contribution in [3.63, 3.8) is 0 Å². The highest BCUT2D eigenvalue weighted by molar-refractivity contribution is 6.04. The van der Waals surface area contributed by atoms with Gasteiger partial charge in [0.1, 0.15) is 0 Å². The molecule has 29 heavy (non-hydrogen) atoms. The van der Waals surface area contributed by atoms with Crippen LogP contribution in [0.1, 0.15) is 35.8 Å². The van der Waals surface area contributed by atoms with Gasteiger partial charge >= 0.3 is 0 Å². The molecule has 150 valence electrons. The zero-order valence-corrected chi connectivity index (χ0v) is 16.8. The van der Waals surface area contributed by atoms with Crippen LogP contribution in [0.5, 0.6) is 0 Å². The Bertz CT molecular complexity index is 1090. The summed E-state index contributed by atoms with van der Waals surface area (Å²) in [7, 11) is 0. The van der Waals surface area contributed by atoms with Crippen LogP contribution in [0.2, 0.25) is 0 Å². The number of nitrogens with zero attached hydrogens (tertiary/aromatic N) is 3. The minimum Gasteiger partial charge on any atom is -0.335 e. The molecule has 6 heteroatoms. The predicted molar refractivity (Wildman–Crippen MR) is 114 cm³/mol. The summed E-state index contributed by atoms with van der Waals surface area (Å²) in [4.78, 5) is 28.0. The van der Waals surface area contributed by atoms with Gasteiger partial charge in [0.05, 0.1) is 5.39 Å². The molecular formula is C23H26N4O2. The second-order valence-corrected chi connectivity index (χ2v) is 8.17. The molecule has 1 fully saturated rings. The Labute approximate surface area is 169 Å². The quantitative estimate of drug-likeness (QED) is 0.743. The van der Waals surface area contributed by atoms with Crippen LogP contribution in [0.3, 0.4) is 0 Å². The lowest BCUT2D eigenvalue weighted by molar-refractivity contribution is 0.0782. The van der Waals surface area contributed by atoms with Crippen molar-refractivity contribution in [1.82, 2.24) is 14.7 Å². The number of likely N-dealkylation sites (tertiary alicyclic amines) is 1. The molecule has 4 rings (SSSR count). The number of nitrogens with two attached hydrogens (primary N) is 1. The molecule has 6 nitrogen and oxygen atoms in total. The van der Waals surface area contributed by atoms with Crippen LogP contribution in [0.25, 0.3) is 10.8 Å². The molecule has 1 aromatic heterocycles. The van der Waals surface area contributed by atoms with E-state index in [1.165, 1.54) is 4.68 Å². The fourth-order valence-corrected chi connectivity index (χ4v) is 4.06. The number of fused-ring (bicyclic) bond motifs is 1. The Morgan fingerprint density at radius 3 is 2.41 bits per heavy atom. The summed E-state index contributed by atoms with van der Waals surface area (Å²) in [5.41, 5.74) is 7.68. The van der Waals surface area contributed by atoms with Gasteiger partial charge in [0, 0.05) is 37.0 Å². The molecule has 2 atom stereocenters. The van der Waals surface area contributed by atoms with Gasteiger partial charge in [-0.1, -0.05) is 62.4 Å². The van der Waals surface area contributed by atoms with Crippen molar-refractivity contribution in [2.75, 3.05) is 13.1 Å². The van der Waals surface area contributed by atoms with Gasteiger partial charge in [-0.15, -0.1) is 0 Å². The number of rotatable bonds is 4. The zero-order valence-electron chi connectivity index (χ0n) is 16.8. The lowest BCUT2D eigenvalue weighted by Gasteiger charge is -2.18. The van der Waals surface area contributed by atoms with E-state index >= 15 is 0 Å². The average molecular weight is 390 g/mol. The number of amides is 1. The van der Waals surface area contributed by atoms with Gasteiger partial charge in [-0.3, -0.25) is 9.59 Å². The minimum absolute atomic E-state index is 0.0907. The maximum Gasteiger partial charge on any atom is 0.275 e. The molecular weight excluding hydrogens is 364 g/mol. The van der Waals surface area contributed by atoms with Crippen LogP contribution >= 0.6 is 0 Å². The summed E-state index contributed by atoms with van der Waals surface area (Å²) >= 11 is 0. The van der Waals surface area contributed by atoms with Crippen molar-refractivity contribution in [2.24, 2.45) is 11.7 Å². The van der Waals surface area contributed by atoms with Gasteiger partial charge in [-0.05, 0) is 17.5 Å². The van der Waals surface area contributed by atoms with Gasteiger partial charge in [-0.25, -0.2) is 4.68 Å². The molecule has 0 radical (unpaired) electrons. The van der Waals surface area contributed by atoms with Crippen LogP contribution in [0.15, 0.2) is 59.4 Å². The standard InChI is InChI=1S/C23H26N4O2/c1-15(2)12-27-22(28)18-11-7-6-10-17(18)21(25-27)23(29)26-13-19(20(24)14-26)16-8-4-3-5-9-16/h3-11,15,19-20H,12-14,24H2,1-2H3/t19-,20+/m0/s1. The molecule has 0 aliphatic carbocycles. The Kier molecular flexibility index (Phi) is 5.20. The summed E-state index contributed by atoms with van der Waals surface area (Å²) in [6.07, 6.45) is 0. The predicted octanol–water partition coefficient (Wildman–Crippen LogP) is 2.62. The van der Waals surface area contributed by atoms with E-state index in [1.54, 1.807) is 17.0 Å². The highest BCUT2D eigenvalue weighted by Crippen LogP contribution is 2.28. The molecule has 2 N–H and O–H groups in total. The number of hydrogen-bond acceptors (Lipinski definition) is 4. The van der Waals surface area contributed by atoms with Crippen LogP contribution < -0.4 is 11.3 Å². The molecule has 3 aromatic rings. The van der Waals surface area contributed by atoms with Crippen LogP contribution in [-0.4, -0.2) is 39.7 Å². The Hall–Kier alpha value is -2.99. The first-order valence-corrected chi connectivity index (χ1v) is 10.1. The molecule has 0 spiro atoms. The summed E-state index contributed by atoms with van der Waals surface area (Å²) in [5, 5.41) is 5.60. The number of hydrogen-bond donors (Lipinski definition) is 1. The maximum atomic E-state index is 13.4. The van der Waals surface area contributed by atoms with Crippen molar-refractivity contribution in [3.8, 4) is 0 Å². The summed E-state index contributed by atoms with van der Waals surface area (Å²) in [5.74, 6) is 0.160. The van der Waals surface area contributed by atoms with Gasteiger partial charge < -0.3 is 10.6 Å². The molecule has 0 saturated carbocycles. The van der Waals surface area contributed by atoms with E-state index < -0.39 is 0 Å². The van der Waals surface area contributed by atoms with Gasteiger partial charge in [0.15, 0.2) is 5.69 Å².